The summed E-state index contributed by atoms with van der Waals surface area (Å²) in [4.78, 5) is 16.0. The number of pyridine rings is 1. The van der Waals surface area contributed by atoms with Crippen LogP contribution in [0.1, 0.15) is 16.1 Å². The van der Waals surface area contributed by atoms with E-state index in [2.05, 4.69) is 15.3 Å². The number of aromatic nitrogens is 4. The third kappa shape index (κ3) is 2.07. The number of benzene rings is 1. The number of carbonyl (C=O) groups is 1. The zero-order chi connectivity index (χ0) is 13.9. The number of carbonyl (C=O) groups excluding carboxylic acids is 1. The second-order valence-electron chi connectivity index (χ2n) is 4.05. The second-order valence-corrected chi connectivity index (χ2v) is 4.05. The van der Waals surface area contributed by atoms with Crippen LogP contribution in [0.25, 0.3) is 5.69 Å². The number of ketones is 1. The lowest BCUT2D eigenvalue weighted by molar-refractivity contribution is 0.102. The molecule has 20 heavy (non-hydrogen) atoms. The molecule has 0 aliphatic rings. The molecule has 3 rings (SSSR count). The number of rotatable bonds is 3. The smallest absolute Gasteiger partial charge is 0.216 e. The standard InChI is InChI=1S/C14H9FN4O/c15-12-8-16-7-6-11(12)14(20)13-9-17-18-19(13)10-4-2-1-3-5-10/h1-9H. The van der Waals surface area contributed by atoms with Crippen molar-refractivity contribution in [3.63, 3.8) is 0 Å². The van der Waals surface area contributed by atoms with Gasteiger partial charge in [-0.15, -0.1) is 5.10 Å². The number of hydrogen-bond acceptors (Lipinski definition) is 4. The predicted octanol–water partition coefficient (Wildman–Crippen LogP) is 2.03. The van der Waals surface area contributed by atoms with E-state index in [9.17, 15) is 9.18 Å². The average molecular weight is 268 g/mol. The van der Waals surface area contributed by atoms with E-state index in [-0.39, 0.29) is 11.3 Å². The molecule has 6 heteroatoms. The summed E-state index contributed by atoms with van der Waals surface area (Å²) < 4.78 is 15.0. The van der Waals surface area contributed by atoms with Crippen LogP contribution < -0.4 is 0 Å². The van der Waals surface area contributed by atoms with Gasteiger partial charge in [0, 0.05) is 6.20 Å². The Balaban J connectivity index is 2.07. The van der Waals surface area contributed by atoms with Crippen LogP contribution in [-0.4, -0.2) is 25.8 Å². The summed E-state index contributed by atoms with van der Waals surface area (Å²) in [6.07, 6.45) is 3.69. The van der Waals surface area contributed by atoms with Gasteiger partial charge in [0.1, 0.15) is 5.69 Å². The van der Waals surface area contributed by atoms with Gasteiger partial charge in [0.2, 0.25) is 5.78 Å². The Morgan fingerprint density at radius 3 is 2.65 bits per heavy atom. The quantitative estimate of drug-likeness (QED) is 0.682. The van der Waals surface area contributed by atoms with Crippen LogP contribution >= 0.6 is 0 Å². The van der Waals surface area contributed by atoms with Crippen LogP contribution in [-0.2, 0) is 0 Å². The molecule has 0 saturated heterocycles. The minimum absolute atomic E-state index is 0.0560. The molecule has 0 bridgehead atoms. The Bertz CT molecular complexity index is 755. The van der Waals surface area contributed by atoms with Gasteiger partial charge >= 0.3 is 0 Å². The average Bonchev–Trinajstić information content (AvgIpc) is 2.97. The highest BCUT2D eigenvalue weighted by atomic mass is 19.1. The lowest BCUT2D eigenvalue weighted by Crippen LogP contribution is -2.11. The van der Waals surface area contributed by atoms with Crippen LogP contribution in [0.4, 0.5) is 4.39 Å². The van der Waals surface area contributed by atoms with Gasteiger partial charge in [-0.05, 0) is 18.2 Å². The van der Waals surface area contributed by atoms with Crippen molar-refractivity contribution in [3.05, 3.63) is 72.1 Å². The summed E-state index contributed by atoms with van der Waals surface area (Å²) >= 11 is 0. The number of nitrogens with zero attached hydrogens (tertiary/aromatic N) is 4. The summed E-state index contributed by atoms with van der Waals surface area (Å²) in [5.41, 5.74) is 0.823. The monoisotopic (exact) mass is 268 g/mol. The van der Waals surface area contributed by atoms with Gasteiger partial charge in [-0.2, -0.15) is 0 Å². The number of para-hydroxylation sites is 1. The highest BCUT2D eigenvalue weighted by molar-refractivity contribution is 6.08. The summed E-state index contributed by atoms with van der Waals surface area (Å²) in [7, 11) is 0. The highest BCUT2D eigenvalue weighted by Crippen LogP contribution is 2.15. The lowest BCUT2D eigenvalue weighted by Gasteiger charge is -2.05. The van der Waals surface area contributed by atoms with Crippen molar-refractivity contribution in [1.29, 1.82) is 0 Å². The van der Waals surface area contributed by atoms with Gasteiger partial charge in [-0.3, -0.25) is 9.78 Å². The van der Waals surface area contributed by atoms with Crippen molar-refractivity contribution in [2.24, 2.45) is 0 Å². The molecule has 3 aromatic rings. The molecule has 2 aromatic heterocycles. The van der Waals surface area contributed by atoms with E-state index in [0.717, 1.165) is 6.20 Å². The molecule has 0 aliphatic heterocycles. The van der Waals surface area contributed by atoms with Crippen LogP contribution in [0.15, 0.2) is 55.0 Å². The Kier molecular flexibility index (Phi) is 3.04. The maximum atomic E-state index is 13.6. The fraction of sp³-hybridized carbons (Fsp3) is 0. The van der Waals surface area contributed by atoms with Crippen molar-refractivity contribution in [1.82, 2.24) is 20.0 Å². The van der Waals surface area contributed by atoms with Gasteiger partial charge in [0.25, 0.3) is 0 Å². The third-order valence-corrected chi connectivity index (χ3v) is 2.80. The first-order valence-electron chi connectivity index (χ1n) is 5.87. The van der Waals surface area contributed by atoms with E-state index < -0.39 is 11.6 Å². The Morgan fingerprint density at radius 2 is 1.90 bits per heavy atom. The molecule has 2 heterocycles. The van der Waals surface area contributed by atoms with E-state index in [1.807, 2.05) is 18.2 Å². The fourth-order valence-electron chi connectivity index (χ4n) is 1.85. The van der Waals surface area contributed by atoms with E-state index in [1.165, 1.54) is 23.1 Å². The fourth-order valence-corrected chi connectivity index (χ4v) is 1.85. The van der Waals surface area contributed by atoms with Gasteiger partial charge in [-0.25, -0.2) is 9.07 Å². The van der Waals surface area contributed by atoms with Crippen LogP contribution in [0.2, 0.25) is 0 Å². The maximum absolute atomic E-state index is 13.6. The molecule has 0 saturated carbocycles. The molecule has 0 fully saturated rings. The van der Waals surface area contributed by atoms with E-state index in [1.54, 1.807) is 12.1 Å². The first-order valence-corrected chi connectivity index (χ1v) is 5.87. The van der Waals surface area contributed by atoms with E-state index in [0.29, 0.717) is 5.69 Å². The van der Waals surface area contributed by atoms with Crippen molar-refractivity contribution >= 4 is 5.78 Å². The molecule has 1 aromatic carbocycles. The van der Waals surface area contributed by atoms with Crippen LogP contribution in [0.5, 0.6) is 0 Å². The predicted molar refractivity (Wildman–Crippen MR) is 69.0 cm³/mol. The first kappa shape index (κ1) is 12.2. The summed E-state index contributed by atoms with van der Waals surface area (Å²) in [6.45, 7) is 0. The number of hydrogen-bond donors (Lipinski definition) is 0. The largest absolute Gasteiger partial charge is 0.287 e. The van der Waals surface area contributed by atoms with Crippen molar-refractivity contribution in [3.8, 4) is 5.69 Å². The molecular weight excluding hydrogens is 259 g/mol. The molecule has 0 unspecified atom stereocenters. The topological polar surface area (TPSA) is 60.7 Å². The molecule has 0 spiro atoms. The first-order chi connectivity index (χ1) is 9.77. The summed E-state index contributed by atoms with van der Waals surface area (Å²) in [6, 6.07) is 10.4. The zero-order valence-corrected chi connectivity index (χ0v) is 10.3. The van der Waals surface area contributed by atoms with Gasteiger partial charge in [-0.1, -0.05) is 23.4 Å². The van der Waals surface area contributed by atoms with Crippen molar-refractivity contribution in [2.45, 2.75) is 0 Å². The Morgan fingerprint density at radius 1 is 1.10 bits per heavy atom. The molecule has 0 N–H and O–H groups in total. The van der Waals surface area contributed by atoms with Crippen molar-refractivity contribution in [2.75, 3.05) is 0 Å². The molecule has 0 radical (unpaired) electrons. The van der Waals surface area contributed by atoms with Gasteiger partial charge < -0.3 is 0 Å². The summed E-state index contributed by atoms with van der Waals surface area (Å²) in [5, 5.41) is 7.60. The lowest BCUT2D eigenvalue weighted by atomic mass is 10.1. The Labute approximate surface area is 113 Å². The molecule has 5 nitrogen and oxygen atoms in total. The number of halogens is 1. The second kappa shape index (κ2) is 5.00. The summed E-state index contributed by atoms with van der Waals surface area (Å²) in [5.74, 6) is -1.16. The van der Waals surface area contributed by atoms with Crippen LogP contribution in [0, 0.1) is 5.82 Å². The molecule has 0 amide bonds. The minimum atomic E-state index is -0.668. The minimum Gasteiger partial charge on any atom is -0.287 e. The molecule has 0 aliphatic carbocycles. The van der Waals surface area contributed by atoms with E-state index in [4.69, 9.17) is 0 Å². The normalized spacial score (nSPS) is 10.4. The van der Waals surface area contributed by atoms with Gasteiger partial charge in [0.15, 0.2) is 5.82 Å². The maximum Gasteiger partial charge on any atom is 0.216 e. The molecular formula is C14H9FN4O. The van der Waals surface area contributed by atoms with Gasteiger partial charge in [0.05, 0.1) is 23.6 Å². The highest BCUT2D eigenvalue weighted by Gasteiger charge is 2.19. The SMILES string of the molecule is O=C(c1ccncc1F)c1cnnn1-c1ccccc1. The van der Waals surface area contributed by atoms with Crippen molar-refractivity contribution < 1.29 is 9.18 Å². The Hall–Kier alpha value is -2.89. The zero-order valence-electron chi connectivity index (χ0n) is 10.3. The molecule has 98 valence electrons. The van der Waals surface area contributed by atoms with Crippen LogP contribution in [0.3, 0.4) is 0 Å². The third-order valence-electron chi connectivity index (χ3n) is 2.80. The molecule has 0 atom stereocenters. The van der Waals surface area contributed by atoms with E-state index >= 15 is 0 Å².